The summed E-state index contributed by atoms with van der Waals surface area (Å²) in [6.45, 7) is 4.85. The molecule has 0 amide bonds. The summed E-state index contributed by atoms with van der Waals surface area (Å²) in [7, 11) is 0. The molecule has 2 atom stereocenters. The number of hydrogen-bond donors (Lipinski definition) is 3. The highest BCUT2D eigenvalue weighted by Crippen LogP contribution is 2.16. The molecule has 2 unspecified atom stereocenters. The molecule has 0 bridgehead atoms. The minimum atomic E-state index is -0.418. The standard InChI is InChI=1S/C13H20N2O/c1-13(7-8-14-10-13)15-9-12(16)11-5-3-2-4-6-11/h2-6,12,14-16H,7-10H2,1H3. The first-order valence-corrected chi connectivity index (χ1v) is 5.88. The van der Waals surface area contributed by atoms with Gasteiger partial charge >= 0.3 is 0 Å². The van der Waals surface area contributed by atoms with Gasteiger partial charge in [-0.3, -0.25) is 0 Å². The molecule has 0 saturated carbocycles. The van der Waals surface area contributed by atoms with Crippen LogP contribution in [0.5, 0.6) is 0 Å². The van der Waals surface area contributed by atoms with Crippen LogP contribution in [0.15, 0.2) is 30.3 Å². The summed E-state index contributed by atoms with van der Waals surface area (Å²) < 4.78 is 0. The fourth-order valence-electron chi connectivity index (χ4n) is 2.10. The summed E-state index contributed by atoms with van der Waals surface area (Å²) in [4.78, 5) is 0. The second kappa shape index (κ2) is 4.95. The minimum Gasteiger partial charge on any atom is -0.387 e. The molecule has 1 saturated heterocycles. The van der Waals surface area contributed by atoms with E-state index in [-0.39, 0.29) is 5.54 Å². The third-order valence-electron chi connectivity index (χ3n) is 3.28. The van der Waals surface area contributed by atoms with Crippen LogP contribution < -0.4 is 10.6 Å². The van der Waals surface area contributed by atoms with Crippen LogP contribution in [0.4, 0.5) is 0 Å². The van der Waals surface area contributed by atoms with Crippen molar-refractivity contribution in [2.45, 2.75) is 25.0 Å². The van der Waals surface area contributed by atoms with Crippen LogP contribution in [0.2, 0.25) is 0 Å². The normalized spacial score (nSPS) is 26.9. The maximum atomic E-state index is 10.0. The van der Waals surface area contributed by atoms with Gasteiger partial charge in [0.15, 0.2) is 0 Å². The molecule has 2 rings (SSSR count). The van der Waals surface area contributed by atoms with E-state index in [1.54, 1.807) is 0 Å². The van der Waals surface area contributed by atoms with Gasteiger partial charge in [0.25, 0.3) is 0 Å². The van der Waals surface area contributed by atoms with Gasteiger partial charge in [-0.25, -0.2) is 0 Å². The van der Waals surface area contributed by atoms with E-state index in [0.29, 0.717) is 6.54 Å². The number of nitrogens with one attached hydrogen (secondary N) is 2. The van der Waals surface area contributed by atoms with Crippen LogP contribution in [0.3, 0.4) is 0 Å². The molecule has 3 N–H and O–H groups in total. The Morgan fingerprint density at radius 2 is 2.19 bits per heavy atom. The molecule has 1 aliphatic rings. The smallest absolute Gasteiger partial charge is 0.0914 e. The van der Waals surface area contributed by atoms with E-state index in [4.69, 9.17) is 0 Å². The Bertz CT molecular complexity index is 320. The first-order chi connectivity index (χ1) is 7.70. The zero-order valence-electron chi connectivity index (χ0n) is 9.74. The molecule has 3 nitrogen and oxygen atoms in total. The highest BCUT2D eigenvalue weighted by molar-refractivity contribution is 5.17. The molecule has 3 heteroatoms. The highest BCUT2D eigenvalue weighted by atomic mass is 16.3. The predicted octanol–water partition coefficient (Wildman–Crippen LogP) is 1.06. The van der Waals surface area contributed by atoms with E-state index in [1.165, 1.54) is 0 Å². The fourth-order valence-corrected chi connectivity index (χ4v) is 2.10. The Hall–Kier alpha value is -0.900. The van der Waals surface area contributed by atoms with Gasteiger partial charge in [-0.15, -0.1) is 0 Å². The molecule has 1 aromatic carbocycles. The Morgan fingerprint density at radius 3 is 2.81 bits per heavy atom. The Balaban J connectivity index is 1.86. The summed E-state index contributed by atoms with van der Waals surface area (Å²) in [6.07, 6.45) is 0.702. The summed E-state index contributed by atoms with van der Waals surface area (Å²) in [5.74, 6) is 0. The van der Waals surface area contributed by atoms with E-state index in [2.05, 4.69) is 17.6 Å². The second-order valence-corrected chi connectivity index (χ2v) is 4.79. The highest BCUT2D eigenvalue weighted by Gasteiger charge is 2.28. The first kappa shape index (κ1) is 11.6. The molecule has 16 heavy (non-hydrogen) atoms. The molecule has 1 aromatic rings. The van der Waals surface area contributed by atoms with Gasteiger partial charge in [0, 0.05) is 18.6 Å². The van der Waals surface area contributed by atoms with Crippen molar-refractivity contribution in [3.05, 3.63) is 35.9 Å². The quantitative estimate of drug-likeness (QED) is 0.711. The number of benzene rings is 1. The molecular formula is C13H20N2O. The summed E-state index contributed by atoms with van der Waals surface area (Å²) >= 11 is 0. The van der Waals surface area contributed by atoms with Crippen molar-refractivity contribution in [2.24, 2.45) is 0 Å². The molecule has 0 radical (unpaired) electrons. The average molecular weight is 220 g/mol. The number of aliphatic hydroxyl groups is 1. The lowest BCUT2D eigenvalue weighted by Gasteiger charge is -2.26. The largest absolute Gasteiger partial charge is 0.387 e. The van der Waals surface area contributed by atoms with Gasteiger partial charge in [0.2, 0.25) is 0 Å². The monoisotopic (exact) mass is 220 g/mol. The molecule has 1 aliphatic heterocycles. The Labute approximate surface area is 96.9 Å². The van der Waals surface area contributed by atoms with Crippen LogP contribution in [0, 0.1) is 0 Å². The number of rotatable bonds is 4. The molecule has 1 heterocycles. The van der Waals surface area contributed by atoms with Crippen LogP contribution >= 0.6 is 0 Å². The van der Waals surface area contributed by atoms with E-state index >= 15 is 0 Å². The SMILES string of the molecule is CC1(NCC(O)c2ccccc2)CCNC1. The third-order valence-corrected chi connectivity index (χ3v) is 3.28. The molecule has 0 aromatic heterocycles. The Kier molecular flexibility index (Phi) is 3.59. The second-order valence-electron chi connectivity index (χ2n) is 4.79. The predicted molar refractivity (Wildman–Crippen MR) is 65.3 cm³/mol. The molecule has 1 fully saturated rings. The van der Waals surface area contributed by atoms with Crippen molar-refractivity contribution in [1.82, 2.24) is 10.6 Å². The van der Waals surface area contributed by atoms with Crippen molar-refractivity contribution < 1.29 is 5.11 Å². The van der Waals surface area contributed by atoms with Crippen molar-refractivity contribution in [1.29, 1.82) is 0 Å². The lowest BCUT2D eigenvalue weighted by Crippen LogP contribution is -2.45. The zero-order valence-corrected chi connectivity index (χ0v) is 9.74. The van der Waals surface area contributed by atoms with Gasteiger partial charge in [0.05, 0.1) is 6.10 Å². The van der Waals surface area contributed by atoms with Crippen molar-refractivity contribution in [2.75, 3.05) is 19.6 Å². The molecule has 0 spiro atoms. The minimum absolute atomic E-state index is 0.135. The number of β-amino-alcohol motifs (C(OH)–C–C–N with tert-alkyl or cyclic N) is 1. The van der Waals surface area contributed by atoms with Crippen LogP contribution in [0.1, 0.15) is 25.0 Å². The van der Waals surface area contributed by atoms with Gasteiger partial charge in [0.1, 0.15) is 0 Å². The van der Waals surface area contributed by atoms with Crippen molar-refractivity contribution >= 4 is 0 Å². The van der Waals surface area contributed by atoms with E-state index in [1.807, 2.05) is 30.3 Å². The van der Waals surface area contributed by atoms with Gasteiger partial charge in [-0.2, -0.15) is 0 Å². The van der Waals surface area contributed by atoms with Crippen molar-refractivity contribution in [3.8, 4) is 0 Å². The lowest BCUT2D eigenvalue weighted by atomic mass is 10.0. The van der Waals surface area contributed by atoms with Gasteiger partial charge in [-0.05, 0) is 25.5 Å². The van der Waals surface area contributed by atoms with Crippen LogP contribution in [-0.4, -0.2) is 30.3 Å². The maximum absolute atomic E-state index is 10.0. The van der Waals surface area contributed by atoms with Crippen LogP contribution in [0.25, 0.3) is 0 Å². The molecule has 88 valence electrons. The van der Waals surface area contributed by atoms with E-state index in [9.17, 15) is 5.11 Å². The molecule has 0 aliphatic carbocycles. The maximum Gasteiger partial charge on any atom is 0.0914 e. The Morgan fingerprint density at radius 1 is 1.44 bits per heavy atom. The molecular weight excluding hydrogens is 200 g/mol. The van der Waals surface area contributed by atoms with Gasteiger partial charge < -0.3 is 15.7 Å². The van der Waals surface area contributed by atoms with Gasteiger partial charge in [-0.1, -0.05) is 30.3 Å². The number of hydrogen-bond acceptors (Lipinski definition) is 3. The number of aliphatic hydroxyl groups excluding tert-OH is 1. The average Bonchev–Trinajstić information content (AvgIpc) is 2.75. The third kappa shape index (κ3) is 2.82. The summed E-state index contributed by atoms with van der Waals surface area (Å²) in [5, 5.41) is 16.8. The summed E-state index contributed by atoms with van der Waals surface area (Å²) in [6, 6.07) is 9.80. The first-order valence-electron chi connectivity index (χ1n) is 5.88. The van der Waals surface area contributed by atoms with Crippen molar-refractivity contribution in [3.63, 3.8) is 0 Å². The van der Waals surface area contributed by atoms with Crippen LogP contribution in [-0.2, 0) is 0 Å². The summed E-state index contributed by atoms with van der Waals surface area (Å²) in [5.41, 5.74) is 1.11. The topological polar surface area (TPSA) is 44.3 Å². The lowest BCUT2D eigenvalue weighted by molar-refractivity contribution is 0.161. The van der Waals surface area contributed by atoms with E-state index < -0.39 is 6.10 Å². The zero-order chi connectivity index (χ0) is 11.4. The van der Waals surface area contributed by atoms with E-state index in [0.717, 1.165) is 25.1 Å². The fraction of sp³-hybridized carbons (Fsp3) is 0.538.